The molecule has 0 radical (unpaired) electrons. The van der Waals surface area contributed by atoms with E-state index in [0.29, 0.717) is 13.0 Å². The van der Waals surface area contributed by atoms with E-state index in [9.17, 15) is 14.0 Å². The first-order valence-electron chi connectivity index (χ1n) is 7.86. The molecule has 0 bridgehead atoms. The summed E-state index contributed by atoms with van der Waals surface area (Å²) in [5.74, 6) is -1.18. The van der Waals surface area contributed by atoms with Crippen molar-refractivity contribution in [2.24, 2.45) is 0 Å². The average molecular weight is 365 g/mol. The Morgan fingerprint density at radius 1 is 1.32 bits per heavy atom. The topological polar surface area (TPSA) is 91.3 Å². The third-order valence-electron chi connectivity index (χ3n) is 3.52. The number of rotatable bonds is 7. The molecule has 6 nitrogen and oxygen atoms in total. The second kappa shape index (κ2) is 8.57. The van der Waals surface area contributed by atoms with E-state index in [1.165, 1.54) is 23.5 Å². The number of hydrogen-bond donors (Lipinski definition) is 3. The van der Waals surface area contributed by atoms with Crippen LogP contribution >= 0.6 is 11.3 Å². The molecule has 0 saturated heterocycles. The third-order valence-corrected chi connectivity index (χ3v) is 4.91. The minimum Gasteiger partial charge on any atom is -0.481 e. The van der Waals surface area contributed by atoms with Gasteiger partial charge in [-0.15, -0.1) is 11.3 Å². The molecule has 0 spiro atoms. The number of carboxylic acid groups (broad SMARTS) is 1. The first-order valence-corrected chi connectivity index (χ1v) is 8.68. The fourth-order valence-electron chi connectivity index (χ4n) is 2.28. The molecule has 1 unspecified atom stereocenters. The molecular formula is C17H20FN3O3S. The summed E-state index contributed by atoms with van der Waals surface area (Å²) in [6.45, 7) is 4.01. The lowest BCUT2D eigenvalue weighted by Gasteiger charge is -2.13. The molecule has 0 saturated carbocycles. The summed E-state index contributed by atoms with van der Waals surface area (Å²) in [4.78, 5) is 27.7. The van der Waals surface area contributed by atoms with Gasteiger partial charge in [0.25, 0.3) is 0 Å². The number of carbonyl (C=O) groups is 2. The van der Waals surface area contributed by atoms with Gasteiger partial charge in [-0.2, -0.15) is 0 Å². The predicted molar refractivity (Wildman–Crippen MR) is 94.1 cm³/mol. The predicted octanol–water partition coefficient (Wildman–Crippen LogP) is 3.48. The lowest BCUT2D eigenvalue weighted by Crippen LogP contribution is -2.37. The summed E-state index contributed by atoms with van der Waals surface area (Å²) in [5, 5.41) is 14.8. The number of nitrogens with one attached hydrogen (secondary N) is 2. The Bertz CT molecular complexity index is 746. The number of thiazole rings is 1. The van der Waals surface area contributed by atoms with Crippen LogP contribution in [0.5, 0.6) is 0 Å². The van der Waals surface area contributed by atoms with Crippen LogP contribution < -0.4 is 10.6 Å². The molecule has 1 aromatic heterocycles. The molecule has 134 valence electrons. The van der Waals surface area contributed by atoms with Crippen LogP contribution in [0.2, 0.25) is 0 Å². The van der Waals surface area contributed by atoms with Crippen LogP contribution in [0.3, 0.4) is 0 Å². The molecule has 25 heavy (non-hydrogen) atoms. The molecule has 0 fully saturated rings. The smallest absolute Gasteiger partial charge is 0.315 e. The summed E-state index contributed by atoms with van der Waals surface area (Å²) in [6.07, 6.45) is 0.399. The molecule has 0 aliphatic heterocycles. The van der Waals surface area contributed by atoms with Crippen LogP contribution in [0, 0.1) is 12.7 Å². The van der Waals surface area contributed by atoms with Gasteiger partial charge >= 0.3 is 12.0 Å². The van der Waals surface area contributed by atoms with E-state index in [1.807, 2.05) is 13.8 Å². The molecule has 2 aromatic rings. The number of carboxylic acids is 1. The summed E-state index contributed by atoms with van der Waals surface area (Å²) >= 11 is 1.45. The highest BCUT2D eigenvalue weighted by atomic mass is 32.1. The van der Waals surface area contributed by atoms with E-state index in [4.69, 9.17) is 5.11 Å². The summed E-state index contributed by atoms with van der Waals surface area (Å²) < 4.78 is 13.0. The van der Waals surface area contributed by atoms with Gasteiger partial charge in [0.2, 0.25) is 0 Å². The van der Waals surface area contributed by atoms with Gasteiger partial charge in [-0.05, 0) is 44.5 Å². The highest BCUT2D eigenvalue weighted by Gasteiger charge is 2.17. The number of urea groups is 1. The molecule has 0 aliphatic carbocycles. The Morgan fingerprint density at radius 2 is 2.00 bits per heavy atom. The van der Waals surface area contributed by atoms with Gasteiger partial charge in [0, 0.05) is 18.5 Å². The maximum Gasteiger partial charge on any atom is 0.315 e. The number of hydrogen-bond acceptors (Lipinski definition) is 4. The lowest BCUT2D eigenvalue weighted by molar-refractivity contribution is -0.137. The SMILES string of the molecule is Cc1nc(-c2ccc(F)cc2)sc1C(C)NC(=O)NCCCC(=O)O. The van der Waals surface area contributed by atoms with Crippen molar-refractivity contribution in [1.29, 1.82) is 0 Å². The number of halogens is 1. The van der Waals surface area contributed by atoms with Crippen molar-refractivity contribution in [1.82, 2.24) is 15.6 Å². The van der Waals surface area contributed by atoms with E-state index in [-0.39, 0.29) is 24.3 Å². The molecule has 3 N–H and O–H groups in total. The van der Waals surface area contributed by atoms with Gasteiger partial charge in [0.1, 0.15) is 10.8 Å². The second-order valence-electron chi connectivity index (χ2n) is 5.59. The monoisotopic (exact) mass is 365 g/mol. The summed E-state index contributed by atoms with van der Waals surface area (Å²) in [6, 6.07) is 5.52. The zero-order chi connectivity index (χ0) is 18.4. The Kier molecular flexibility index (Phi) is 6.46. The van der Waals surface area contributed by atoms with Crippen molar-refractivity contribution in [2.45, 2.75) is 32.7 Å². The molecule has 1 aromatic carbocycles. The number of aromatic nitrogens is 1. The van der Waals surface area contributed by atoms with Crippen LogP contribution in [0.1, 0.15) is 36.4 Å². The molecule has 2 rings (SSSR count). The highest BCUT2D eigenvalue weighted by Crippen LogP contribution is 2.31. The first-order chi connectivity index (χ1) is 11.9. The van der Waals surface area contributed by atoms with Crippen molar-refractivity contribution < 1.29 is 19.1 Å². The molecule has 2 amide bonds. The normalized spacial score (nSPS) is 11.8. The number of carbonyl (C=O) groups excluding carboxylic acids is 1. The Labute approximate surface area is 149 Å². The summed E-state index contributed by atoms with van der Waals surface area (Å²) in [7, 11) is 0. The fraction of sp³-hybridized carbons (Fsp3) is 0.353. The minimum absolute atomic E-state index is 0.0187. The quantitative estimate of drug-likeness (QED) is 0.655. The molecule has 1 atom stereocenters. The number of amides is 2. The standard InChI is InChI=1S/C17H20FN3O3S/c1-10-15(11(2)21-17(24)19-9-3-4-14(22)23)25-16(20-10)12-5-7-13(18)8-6-12/h5-8,11H,3-4,9H2,1-2H3,(H,22,23)(H2,19,21,24). The van der Waals surface area contributed by atoms with E-state index < -0.39 is 5.97 Å². The van der Waals surface area contributed by atoms with Gasteiger partial charge in [-0.1, -0.05) is 0 Å². The van der Waals surface area contributed by atoms with Crippen LogP contribution in [-0.2, 0) is 4.79 Å². The number of aliphatic carboxylic acids is 1. The van der Waals surface area contributed by atoms with Crippen molar-refractivity contribution in [3.05, 3.63) is 40.7 Å². The molecule has 0 aliphatic rings. The summed E-state index contributed by atoms with van der Waals surface area (Å²) in [5.41, 5.74) is 1.63. The maximum atomic E-state index is 13.0. The van der Waals surface area contributed by atoms with Gasteiger partial charge in [-0.25, -0.2) is 14.2 Å². The van der Waals surface area contributed by atoms with Crippen LogP contribution in [0.4, 0.5) is 9.18 Å². The number of nitrogens with zero attached hydrogens (tertiary/aromatic N) is 1. The van der Waals surface area contributed by atoms with Crippen molar-refractivity contribution in [2.75, 3.05) is 6.54 Å². The minimum atomic E-state index is -0.885. The van der Waals surface area contributed by atoms with Gasteiger partial charge in [-0.3, -0.25) is 4.79 Å². The largest absolute Gasteiger partial charge is 0.481 e. The molecule has 1 heterocycles. The van der Waals surface area contributed by atoms with Crippen molar-refractivity contribution in [3.63, 3.8) is 0 Å². The van der Waals surface area contributed by atoms with Crippen LogP contribution in [0.15, 0.2) is 24.3 Å². The fourth-order valence-corrected chi connectivity index (χ4v) is 3.35. The zero-order valence-electron chi connectivity index (χ0n) is 14.0. The second-order valence-corrected chi connectivity index (χ2v) is 6.63. The van der Waals surface area contributed by atoms with E-state index >= 15 is 0 Å². The van der Waals surface area contributed by atoms with Gasteiger partial charge < -0.3 is 15.7 Å². The number of benzene rings is 1. The molecule has 8 heteroatoms. The van der Waals surface area contributed by atoms with Crippen LogP contribution in [0.25, 0.3) is 10.6 Å². The van der Waals surface area contributed by atoms with Gasteiger partial charge in [0.05, 0.1) is 16.6 Å². The van der Waals surface area contributed by atoms with E-state index in [2.05, 4.69) is 15.6 Å². The Hall–Kier alpha value is -2.48. The highest BCUT2D eigenvalue weighted by molar-refractivity contribution is 7.15. The lowest BCUT2D eigenvalue weighted by atomic mass is 10.2. The Morgan fingerprint density at radius 3 is 2.64 bits per heavy atom. The van der Waals surface area contributed by atoms with Crippen molar-refractivity contribution in [3.8, 4) is 10.6 Å². The maximum absolute atomic E-state index is 13.0. The zero-order valence-corrected chi connectivity index (χ0v) is 14.8. The van der Waals surface area contributed by atoms with E-state index in [1.54, 1.807) is 12.1 Å². The average Bonchev–Trinajstić information content (AvgIpc) is 2.94. The third kappa shape index (κ3) is 5.53. The Balaban J connectivity index is 1.95. The van der Waals surface area contributed by atoms with Gasteiger partial charge in [0.15, 0.2) is 0 Å². The number of aryl methyl sites for hydroxylation is 1. The molecular weight excluding hydrogens is 345 g/mol. The van der Waals surface area contributed by atoms with Crippen molar-refractivity contribution >= 4 is 23.3 Å². The van der Waals surface area contributed by atoms with Crippen LogP contribution in [-0.4, -0.2) is 28.6 Å². The first kappa shape index (κ1) is 18.9. The van der Waals surface area contributed by atoms with E-state index in [0.717, 1.165) is 21.1 Å².